The second-order valence-electron chi connectivity index (χ2n) is 4.83. The zero-order chi connectivity index (χ0) is 14.9. The lowest BCUT2D eigenvalue weighted by atomic mass is 10.3. The Morgan fingerprint density at radius 3 is 2.76 bits per heavy atom. The van der Waals surface area contributed by atoms with Crippen molar-refractivity contribution >= 4 is 5.95 Å². The van der Waals surface area contributed by atoms with Crippen molar-refractivity contribution in [3.8, 4) is 5.75 Å². The minimum absolute atomic E-state index is 0.618. The lowest BCUT2D eigenvalue weighted by Crippen LogP contribution is -2.13. The molecule has 0 saturated carbocycles. The Balaban J connectivity index is 1.82. The Labute approximate surface area is 125 Å². The highest BCUT2D eigenvalue weighted by Gasteiger charge is 2.05. The molecule has 0 radical (unpaired) electrons. The molecule has 21 heavy (non-hydrogen) atoms. The highest BCUT2D eigenvalue weighted by atomic mass is 16.5. The first kappa shape index (κ1) is 15.4. The summed E-state index contributed by atoms with van der Waals surface area (Å²) in [5.41, 5.74) is 1.00. The van der Waals surface area contributed by atoms with Crippen LogP contribution in [0.3, 0.4) is 0 Å². The zero-order valence-corrected chi connectivity index (χ0v) is 12.7. The molecule has 1 N–H and O–H groups in total. The highest BCUT2D eigenvalue weighted by molar-refractivity contribution is 5.28. The van der Waals surface area contributed by atoms with Gasteiger partial charge in [-0.2, -0.15) is 0 Å². The van der Waals surface area contributed by atoms with Crippen molar-refractivity contribution in [1.29, 1.82) is 0 Å². The monoisotopic (exact) mass is 289 g/mol. The topological polar surface area (TPSA) is 48.3 Å². The number of aryl methyl sites for hydroxylation is 1. The quantitative estimate of drug-likeness (QED) is 0.721. The van der Waals surface area contributed by atoms with Crippen molar-refractivity contribution in [2.75, 3.05) is 32.2 Å². The number of benzene rings is 1. The number of para-hydroxylation sites is 1. The molecule has 114 valence electrons. The van der Waals surface area contributed by atoms with Gasteiger partial charge in [0.1, 0.15) is 12.4 Å². The summed E-state index contributed by atoms with van der Waals surface area (Å²) in [5.74, 6) is 1.78. The van der Waals surface area contributed by atoms with Gasteiger partial charge in [-0.3, -0.25) is 0 Å². The van der Waals surface area contributed by atoms with Crippen LogP contribution in [-0.4, -0.2) is 36.4 Å². The van der Waals surface area contributed by atoms with Crippen molar-refractivity contribution in [1.82, 2.24) is 9.55 Å². The van der Waals surface area contributed by atoms with E-state index in [1.807, 2.05) is 43.5 Å². The summed E-state index contributed by atoms with van der Waals surface area (Å²) in [5, 5.41) is 3.33. The van der Waals surface area contributed by atoms with Crippen molar-refractivity contribution in [2.24, 2.45) is 0 Å². The predicted molar refractivity (Wildman–Crippen MR) is 83.9 cm³/mol. The zero-order valence-electron chi connectivity index (χ0n) is 12.7. The molecule has 0 amide bonds. The Kier molecular flexibility index (Phi) is 6.09. The summed E-state index contributed by atoms with van der Waals surface area (Å²) in [6.07, 6.45) is 3.00. The fourth-order valence-electron chi connectivity index (χ4n) is 2.05. The fourth-order valence-corrected chi connectivity index (χ4v) is 2.05. The van der Waals surface area contributed by atoms with E-state index in [2.05, 4.69) is 14.9 Å². The van der Waals surface area contributed by atoms with E-state index < -0.39 is 0 Å². The van der Waals surface area contributed by atoms with E-state index in [0.717, 1.165) is 43.5 Å². The molecule has 0 atom stereocenters. The molecule has 2 rings (SSSR count). The Morgan fingerprint density at radius 1 is 1.19 bits per heavy atom. The van der Waals surface area contributed by atoms with Crippen LogP contribution in [0, 0.1) is 6.92 Å². The van der Waals surface area contributed by atoms with Crippen LogP contribution in [0.15, 0.2) is 36.5 Å². The number of ether oxygens (including phenoxy) is 2. The number of methoxy groups -OCH3 is 1. The van der Waals surface area contributed by atoms with Gasteiger partial charge < -0.3 is 19.4 Å². The number of anilines is 1. The van der Waals surface area contributed by atoms with Gasteiger partial charge in [0.25, 0.3) is 0 Å². The van der Waals surface area contributed by atoms with Gasteiger partial charge in [0.05, 0.1) is 12.2 Å². The van der Waals surface area contributed by atoms with Crippen LogP contribution in [0.4, 0.5) is 5.95 Å². The maximum Gasteiger partial charge on any atom is 0.203 e. The standard InChI is InChI=1S/C16H23N3O2/c1-14-13-19(16(18-14)17-9-6-11-20-2)10-12-21-15-7-4-3-5-8-15/h3-5,7-8,13H,6,9-12H2,1-2H3,(H,17,18). The number of nitrogens with zero attached hydrogens (tertiary/aromatic N) is 2. The van der Waals surface area contributed by atoms with Crippen LogP contribution in [0.2, 0.25) is 0 Å². The minimum Gasteiger partial charge on any atom is -0.492 e. The van der Waals surface area contributed by atoms with Crippen LogP contribution in [-0.2, 0) is 11.3 Å². The molecule has 1 aromatic heterocycles. The Hall–Kier alpha value is -2.01. The molecule has 0 saturated heterocycles. The van der Waals surface area contributed by atoms with Crippen molar-refractivity contribution < 1.29 is 9.47 Å². The first-order valence-corrected chi connectivity index (χ1v) is 7.24. The Bertz CT molecular complexity index is 526. The van der Waals surface area contributed by atoms with E-state index in [9.17, 15) is 0 Å². The molecular formula is C16H23N3O2. The van der Waals surface area contributed by atoms with Gasteiger partial charge in [0.15, 0.2) is 0 Å². The van der Waals surface area contributed by atoms with Gasteiger partial charge in [-0.25, -0.2) is 4.98 Å². The summed E-state index contributed by atoms with van der Waals surface area (Å²) in [4.78, 5) is 4.49. The number of imidazole rings is 1. The summed E-state index contributed by atoms with van der Waals surface area (Å²) < 4.78 is 12.9. The molecule has 0 spiro atoms. The summed E-state index contributed by atoms with van der Waals surface area (Å²) in [6, 6.07) is 9.85. The summed E-state index contributed by atoms with van der Waals surface area (Å²) in [7, 11) is 1.71. The fraction of sp³-hybridized carbons (Fsp3) is 0.438. The second kappa shape index (κ2) is 8.32. The molecule has 0 aliphatic carbocycles. The molecular weight excluding hydrogens is 266 g/mol. The Morgan fingerprint density at radius 2 is 2.00 bits per heavy atom. The van der Waals surface area contributed by atoms with Crippen molar-refractivity contribution in [2.45, 2.75) is 19.9 Å². The molecule has 0 fully saturated rings. The lowest BCUT2D eigenvalue weighted by molar-refractivity contribution is 0.197. The normalized spacial score (nSPS) is 10.6. The molecule has 1 aromatic carbocycles. The van der Waals surface area contributed by atoms with E-state index in [4.69, 9.17) is 9.47 Å². The van der Waals surface area contributed by atoms with E-state index in [1.54, 1.807) is 7.11 Å². The third-order valence-corrected chi connectivity index (χ3v) is 3.05. The van der Waals surface area contributed by atoms with Crippen LogP contribution in [0.5, 0.6) is 5.75 Å². The summed E-state index contributed by atoms with van der Waals surface area (Å²) in [6.45, 7) is 4.98. The minimum atomic E-state index is 0.618. The summed E-state index contributed by atoms with van der Waals surface area (Å²) >= 11 is 0. The highest BCUT2D eigenvalue weighted by Crippen LogP contribution is 2.11. The molecule has 2 aromatic rings. The third kappa shape index (κ3) is 5.11. The van der Waals surface area contributed by atoms with E-state index in [-0.39, 0.29) is 0 Å². The molecule has 5 nitrogen and oxygen atoms in total. The van der Waals surface area contributed by atoms with Gasteiger partial charge in [0.2, 0.25) is 5.95 Å². The van der Waals surface area contributed by atoms with Gasteiger partial charge >= 0.3 is 0 Å². The van der Waals surface area contributed by atoms with Crippen LogP contribution in [0.1, 0.15) is 12.1 Å². The van der Waals surface area contributed by atoms with E-state index in [0.29, 0.717) is 6.61 Å². The van der Waals surface area contributed by atoms with Crippen LogP contribution < -0.4 is 10.1 Å². The number of rotatable bonds is 9. The van der Waals surface area contributed by atoms with Crippen molar-refractivity contribution in [3.63, 3.8) is 0 Å². The molecule has 0 aliphatic rings. The maximum absolute atomic E-state index is 5.72. The maximum atomic E-state index is 5.72. The van der Waals surface area contributed by atoms with Gasteiger partial charge in [-0.15, -0.1) is 0 Å². The number of hydrogen-bond acceptors (Lipinski definition) is 4. The van der Waals surface area contributed by atoms with Crippen molar-refractivity contribution in [3.05, 3.63) is 42.2 Å². The van der Waals surface area contributed by atoms with E-state index >= 15 is 0 Å². The number of hydrogen-bond donors (Lipinski definition) is 1. The molecule has 5 heteroatoms. The third-order valence-electron chi connectivity index (χ3n) is 3.05. The number of nitrogens with one attached hydrogen (secondary N) is 1. The lowest BCUT2D eigenvalue weighted by Gasteiger charge is -2.10. The average Bonchev–Trinajstić information content (AvgIpc) is 2.85. The smallest absolute Gasteiger partial charge is 0.203 e. The van der Waals surface area contributed by atoms with Crippen LogP contribution in [0.25, 0.3) is 0 Å². The van der Waals surface area contributed by atoms with Gasteiger partial charge in [-0.1, -0.05) is 18.2 Å². The SMILES string of the molecule is COCCCNc1nc(C)cn1CCOc1ccccc1. The van der Waals surface area contributed by atoms with E-state index in [1.165, 1.54) is 0 Å². The van der Waals surface area contributed by atoms with Crippen LogP contribution >= 0.6 is 0 Å². The second-order valence-corrected chi connectivity index (χ2v) is 4.83. The first-order valence-electron chi connectivity index (χ1n) is 7.24. The average molecular weight is 289 g/mol. The molecule has 0 unspecified atom stereocenters. The predicted octanol–water partition coefficient (Wildman–Crippen LogP) is 2.72. The van der Waals surface area contributed by atoms with Gasteiger partial charge in [-0.05, 0) is 25.5 Å². The van der Waals surface area contributed by atoms with Gasteiger partial charge in [0, 0.05) is 26.5 Å². The molecule has 0 aliphatic heterocycles. The largest absolute Gasteiger partial charge is 0.492 e. The molecule has 0 bridgehead atoms. The first-order chi connectivity index (χ1) is 10.3. The number of aromatic nitrogens is 2. The molecule has 1 heterocycles.